The van der Waals surface area contributed by atoms with Crippen molar-refractivity contribution in [3.63, 3.8) is 0 Å². The van der Waals surface area contributed by atoms with Gasteiger partial charge in [0.25, 0.3) is 0 Å². The Morgan fingerprint density at radius 1 is 0.500 bits per heavy atom. The topological polar surface area (TPSA) is 72.8 Å². The molecular formula is C39H74O5. The summed E-state index contributed by atoms with van der Waals surface area (Å²) in [6, 6.07) is 0. The number of hydrogen-bond donors (Lipinski definition) is 1. The summed E-state index contributed by atoms with van der Waals surface area (Å²) in [5.41, 5.74) is 0. The second-order valence-electron chi connectivity index (χ2n) is 13.0. The van der Waals surface area contributed by atoms with Crippen LogP contribution in [-0.4, -0.2) is 36.4 Å². The Balaban J connectivity index is 3.51. The number of hydrogen-bond acceptors (Lipinski definition) is 5. The monoisotopic (exact) mass is 623 g/mol. The van der Waals surface area contributed by atoms with Gasteiger partial charge in [-0.15, -0.1) is 0 Å². The van der Waals surface area contributed by atoms with Crippen LogP contribution in [0.3, 0.4) is 0 Å². The molecule has 1 unspecified atom stereocenters. The van der Waals surface area contributed by atoms with Gasteiger partial charge in [-0.1, -0.05) is 167 Å². The fourth-order valence-corrected chi connectivity index (χ4v) is 5.61. The highest BCUT2D eigenvalue weighted by molar-refractivity contribution is 5.70. The van der Waals surface area contributed by atoms with Gasteiger partial charge in [0.1, 0.15) is 6.61 Å². The minimum Gasteiger partial charge on any atom is -0.462 e. The maximum Gasteiger partial charge on any atom is 0.306 e. The van der Waals surface area contributed by atoms with E-state index < -0.39 is 6.10 Å². The molecule has 44 heavy (non-hydrogen) atoms. The molecule has 0 fully saturated rings. The van der Waals surface area contributed by atoms with Gasteiger partial charge >= 0.3 is 11.9 Å². The van der Waals surface area contributed by atoms with Crippen LogP contribution in [0.15, 0.2) is 12.2 Å². The molecule has 0 amide bonds. The first-order valence-electron chi connectivity index (χ1n) is 19.2. The molecule has 0 aromatic rings. The highest BCUT2D eigenvalue weighted by atomic mass is 16.6. The molecule has 0 saturated carbocycles. The van der Waals surface area contributed by atoms with Crippen molar-refractivity contribution in [1.29, 1.82) is 0 Å². The predicted octanol–water partition coefficient (Wildman–Crippen LogP) is 11.7. The van der Waals surface area contributed by atoms with E-state index in [1.165, 1.54) is 141 Å². The van der Waals surface area contributed by atoms with Crippen LogP contribution in [0.2, 0.25) is 0 Å². The van der Waals surface area contributed by atoms with Gasteiger partial charge in [-0.3, -0.25) is 9.59 Å². The van der Waals surface area contributed by atoms with Crippen molar-refractivity contribution in [1.82, 2.24) is 0 Å². The number of esters is 2. The number of aliphatic hydroxyl groups excluding tert-OH is 1. The van der Waals surface area contributed by atoms with Gasteiger partial charge in [-0.05, 0) is 38.5 Å². The smallest absolute Gasteiger partial charge is 0.306 e. The summed E-state index contributed by atoms with van der Waals surface area (Å²) in [5, 5.41) is 9.53. The summed E-state index contributed by atoms with van der Waals surface area (Å²) < 4.78 is 10.6. The number of aliphatic hydroxyl groups is 1. The first-order chi connectivity index (χ1) is 21.6. The quantitative estimate of drug-likeness (QED) is 0.0432. The number of unbranched alkanes of at least 4 members (excludes halogenated alkanes) is 25. The average Bonchev–Trinajstić information content (AvgIpc) is 3.02. The zero-order valence-corrected chi connectivity index (χ0v) is 29.4. The fourth-order valence-electron chi connectivity index (χ4n) is 5.61. The molecule has 0 radical (unpaired) electrons. The minimum atomic E-state index is -0.764. The lowest BCUT2D eigenvalue weighted by atomic mass is 10.1. The van der Waals surface area contributed by atoms with Crippen molar-refractivity contribution in [3.8, 4) is 0 Å². The lowest BCUT2D eigenvalue weighted by Crippen LogP contribution is -2.28. The Morgan fingerprint density at radius 3 is 1.23 bits per heavy atom. The van der Waals surface area contributed by atoms with E-state index in [-0.39, 0.29) is 25.2 Å². The molecule has 0 saturated heterocycles. The number of allylic oxidation sites excluding steroid dienone is 2. The normalized spacial score (nSPS) is 12.2. The molecule has 0 rings (SSSR count). The summed E-state index contributed by atoms with van der Waals surface area (Å²) >= 11 is 0. The molecule has 0 aliphatic rings. The minimum absolute atomic E-state index is 0.0609. The predicted molar refractivity (Wildman–Crippen MR) is 187 cm³/mol. The van der Waals surface area contributed by atoms with Crippen LogP contribution in [0.4, 0.5) is 0 Å². The zero-order chi connectivity index (χ0) is 32.2. The van der Waals surface area contributed by atoms with Gasteiger partial charge in [0.2, 0.25) is 0 Å². The molecule has 1 N–H and O–H groups in total. The van der Waals surface area contributed by atoms with Gasteiger partial charge in [0, 0.05) is 12.8 Å². The van der Waals surface area contributed by atoms with Crippen molar-refractivity contribution in [2.75, 3.05) is 13.2 Å². The summed E-state index contributed by atoms with van der Waals surface area (Å²) in [5.74, 6) is -0.586. The van der Waals surface area contributed by atoms with Gasteiger partial charge in [0.05, 0.1) is 6.61 Å². The molecule has 0 heterocycles. The van der Waals surface area contributed by atoms with Gasteiger partial charge in [-0.25, -0.2) is 0 Å². The van der Waals surface area contributed by atoms with Crippen LogP contribution >= 0.6 is 0 Å². The molecule has 5 heteroatoms. The van der Waals surface area contributed by atoms with E-state index in [1.54, 1.807) is 0 Å². The standard InChI is InChI=1S/C39H74O5/c1-3-5-7-9-11-13-15-16-17-18-19-20-21-22-24-26-28-30-32-34-39(42)44-37(35-40)36-43-38(41)33-31-29-27-25-23-14-12-10-8-6-4-2/h16-17,37,40H,3-15,18-36H2,1-2H3. The molecule has 0 aliphatic heterocycles. The van der Waals surface area contributed by atoms with E-state index in [0.717, 1.165) is 38.5 Å². The fraction of sp³-hybridized carbons (Fsp3) is 0.897. The first-order valence-corrected chi connectivity index (χ1v) is 19.2. The largest absolute Gasteiger partial charge is 0.462 e. The maximum absolute atomic E-state index is 12.1. The highest BCUT2D eigenvalue weighted by Gasteiger charge is 2.16. The SMILES string of the molecule is CCCCCCCCC=CCCCCCCCCCCCC(=O)OC(CO)COC(=O)CCCCCCCCCCCCC. The molecular weight excluding hydrogens is 548 g/mol. The van der Waals surface area contributed by atoms with Crippen LogP contribution in [0.5, 0.6) is 0 Å². The number of rotatable bonds is 35. The zero-order valence-electron chi connectivity index (χ0n) is 29.4. The number of ether oxygens (including phenoxy) is 2. The van der Waals surface area contributed by atoms with E-state index in [9.17, 15) is 14.7 Å². The molecule has 0 aromatic heterocycles. The van der Waals surface area contributed by atoms with Crippen molar-refractivity contribution >= 4 is 11.9 Å². The van der Waals surface area contributed by atoms with Gasteiger partial charge in [0.15, 0.2) is 6.10 Å². The van der Waals surface area contributed by atoms with E-state index in [1.807, 2.05) is 0 Å². The lowest BCUT2D eigenvalue weighted by molar-refractivity contribution is -0.161. The van der Waals surface area contributed by atoms with Gasteiger partial charge < -0.3 is 14.6 Å². The Hall–Kier alpha value is -1.36. The number of carbonyl (C=O) groups is 2. The van der Waals surface area contributed by atoms with E-state index >= 15 is 0 Å². The Bertz CT molecular complexity index is 632. The van der Waals surface area contributed by atoms with Crippen molar-refractivity contribution in [2.45, 2.75) is 213 Å². The van der Waals surface area contributed by atoms with Crippen LogP contribution in [0.1, 0.15) is 206 Å². The van der Waals surface area contributed by atoms with E-state index in [4.69, 9.17) is 9.47 Å². The number of carbonyl (C=O) groups excluding carboxylic acids is 2. The van der Waals surface area contributed by atoms with Crippen molar-refractivity contribution in [3.05, 3.63) is 12.2 Å². The lowest BCUT2D eigenvalue weighted by Gasteiger charge is -2.15. The third kappa shape index (κ3) is 33.5. The average molecular weight is 623 g/mol. The Kier molecular flexibility index (Phi) is 35.0. The van der Waals surface area contributed by atoms with E-state index in [0.29, 0.717) is 12.8 Å². The van der Waals surface area contributed by atoms with Gasteiger partial charge in [-0.2, -0.15) is 0 Å². The second-order valence-corrected chi connectivity index (χ2v) is 13.0. The molecule has 0 bridgehead atoms. The second kappa shape index (κ2) is 36.1. The summed E-state index contributed by atoms with van der Waals surface area (Å²) in [6.45, 7) is 4.13. The molecule has 5 nitrogen and oxygen atoms in total. The van der Waals surface area contributed by atoms with Crippen LogP contribution < -0.4 is 0 Å². The molecule has 1 atom stereocenters. The molecule has 0 spiro atoms. The Labute approximate surface area is 273 Å². The summed E-state index contributed by atoms with van der Waals surface area (Å²) in [7, 11) is 0. The van der Waals surface area contributed by atoms with Crippen LogP contribution in [0, 0.1) is 0 Å². The molecule has 0 aliphatic carbocycles. The maximum atomic E-state index is 12.1. The van der Waals surface area contributed by atoms with E-state index in [2.05, 4.69) is 26.0 Å². The van der Waals surface area contributed by atoms with Crippen molar-refractivity contribution < 1.29 is 24.2 Å². The summed E-state index contributed by atoms with van der Waals surface area (Å²) in [4.78, 5) is 24.2. The first kappa shape index (κ1) is 42.6. The van der Waals surface area contributed by atoms with Crippen LogP contribution in [0.25, 0.3) is 0 Å². The van der Waals surface area contributed by atoms with Crippen LogP contribution in [-0.2, 0) is 19.1 Å². The third-order valence-corrected chi connectivity index (χ3v) is 8.56. The summed E-state index contributed by atoms with van der Waals surface area (Å²) in [6.07, 6.45) is 39.8. The molecule has 0 aromatic carbocycles. The Morgan fingerprint density at radius 2 is 0.841 bits per heavy atom. The third-order valence-electron chi connectivity index (χ3n) is 8.56. The van der Waals surface area contributed by atoms with Crippen molar-refractivity contribution in [2.24, 2.45) is 0 Å². The highest BCUT2D eigenvalue weighted by Crippen LogP contribution is 2.14. The molecule has 260 valence electrons.